The average Bonchev–Trinajstić information content (AvgIpc) is 2.16. The molecule has 0 saturated carbocycles. The van der Waals surface area contributed by atoms with Gasteiger partial charge in [-0.05, 0) is 6.07 Å². The monoisotopic (exact) mass is 178 g/mol. The van der Waals surface area contributed by atoms with Crippen molar-refractivity contribution in [3.8, 4) is 6.07 Å². The van der Waals surface area contributed by atoms with Crippen molar-refractivity contribution in [2.45, 2.75) is 0 Å². The zero-order chi connectivity index (χ0) is 9.84. The Balaban J connectivity index is 3.24. The lowest BCUT2D eigenvalue weighted by atomic mass is 10.2. The van der Waals surface area contributed by atoms with Crippen molar-refractivity contribution in [1.82, 2.24) is 0 Å². The van der Waals surface area contributed by atoms with Gasteiger partial charge in [0.15, 0.2) is 0 Å². The molecule has 1 aromatic carbocycles. The van der Waals surface area contributed by atoms with Crippen molar-refractivity contribution in [2.24, 2.45) is 5.84 Å². The zero-order valence-electron chi connectivity index (χ0n) is 6.52. The highest BCUT2D eigenvalue weighted by Crippen LogP contribution is 2.19. The van der Waals surface area contributed by atoms with Gasteiger partial charge in [0.05, 0.1) is 22.2 Å². The predicted octanol–water partition coefficient (Wildman–Crippen LogP) is 0.752. The summed E-state index contributed by atoms with van der Waals surface area (Å²) >= 11 is 0. The summed E-state index contributed by atoms with van der Waals surface area (Å²) in [5.41, 5.74) is 2.62. The number of rotatable bonds is 2. The number of nitro benzene ring substituents is 1. The number of benzene rings is 1. The number of nitrogens with zero attached hydrogens (tertiary/aromatic N) is 2. The van der Waals surface area contributed by atoms with Crippen molar-refractivity contribution in [3.63, 3.8) is 0 Å². The van der Waals surface area contributed by atoms with E-state index in [1.54, 1.807) is 6.07 Å². The Hall–Kier alpha value is -2.13. The van der Waals surface area contributed by atoms with Crippen LogP contribution in [0, 0.1) is 21.4 Å². The first kappa shape index (κ1) is 8.96. The fraction of sp³-hybridized carbons (Fsp3) is 0. The standard InChI is InChI=1S/C7H6N4O2/c8-4-5-1-6(10-9)3-7(2-5)11(12)13/h1-3,10H,9H2. The number of hydrogen-bond donors (Lipinski definition) is 2. The molecule has 6 heteroatoms. The highest BCUT2D eigenvalue weighted by Gasteiger charge is 2.08. The first-order valence-corrected chi connectivity index (χ1v) is 3.33. The highest BCUT2D eigenvalue weighted by atomic mass is 16.6. The molecular weight excluding hydrogens is 172 g/mol. The van der Waals surface area contributed by atoms with Crippen LogP contribution in [0.5, 0.6) is 0 Å². The van der Waals surface area contributed by atoms with Gasteiger partial charge in [-0.3, -0.25) is 16.0 Å². The molecule has 0 aromatic heterocycles. The van der Waals surface area contributed by atoms with Crippen LogP contribution in [-0.2, 0) is 0 Å². The minimum atomic E-state index is -0.582. The molecule has 0 atom stereocenters. The van der Waals surface area contributed by atoms with Crippen LogP contribution in [0.25, 0.3) is 0 Å². The number of nitrogens with two attached hydrogens (primary N) is 1. The number of anilines is 1. The van der Waals surface area contributed by atoms with Crippen molar-refractivity contribution in [2.75, 3.05) is 5.43 Å². The number of nitrogen functional groups attached to an aromatic ring is 1. The topological polar surface area (TPSA) is 105 Å². The van der Waals surface area contributed by atoms with Gasteiger partial charge in [-0.25, -0.2) is 0 Å². The molecule has 0 aliphatic rings. The quantitative estimate of drug-likeness (QED) is 0.395. The number of nitrogens with one attached hydrogen (secondary N) is 1. The van der Waals surface area contributed by atoms with Crippen LogP contribution in [0.2, 0.25) is 0 Å². The Labute approximate surface area is 73.7 Å². The summed E-state index contributed by atoms with van der Waals surface area (Å²) in [4.78, 5) is 9.78. The number of nitriles is 1. The van der Waals surface area contributed by atoms with Crippen LogP contribution >= 0.6 is 0 Å². The van der Waals surface area contributed by atoms with Gasteiger partial charge in [0.1, 0.15) is 0 Å². The molecule has 0 radical (unpaired) electrons. The van der Waals surface area contributed by atoms with Crippen LogP contribution < -0.4 is 11.3 Å². The summed E-state index contributed by atoms with van der Waals surface area (Å²) in [6, 6.07) is 5.65. The first-order chi connectivity index (χ1) is 6.17. The Morgan fingerprint density at radius 2 is 2.23 bits per heavy atom. The minimum Gasteiger partial charge on any atom is -0.324 e. The fourth-order valence-electron chi connectivity index (χ4n) is 0.864. The summed E-state index contributed by atoms with van der Waals surface area (Å²) in [6.07, 6.45) is 0. The van der Waals surface area contributed by atoms with Crippen molar-refractivity contribution in [1.29, 1.82) is 5.26 Å². The number of nitro groups is 1. The summed E-state index contributed by atoms with van der Waals surface area (Å²) in [6.45, 7) is 0. The van der Waals surface area contributed by atoms with Crippen LogP contribution in [-0.4, -0.2) is 4.92 Å². The molecule has 66 valence electrons. The van der Waals surface area contributed by atoms with Gasteiger partial charge in [0.25, 0.3) is 5.69 Å². The van der Waals surface area contributed by atoms with Crippen molar-refractivity contribution < 1.29 is 4.92 Å². The highest BCUT2D eigenvalue weighted by molar-refractivity contribution is 5.56. The largest absolute Gasteiger partial charge is 0.324 e. The molecule has 0 aliphatic heterocycles. The molecule has 0 bridgehead atoms. The Morgan fingerprint density at radius 1 is 1.54 bits per heavy atom. The predicted molar refractivity (Wildman–Crippen MR) is 45.6 cm³/mol. The lowest BCUT2D eigenvalue weighted by Crippen LogP contribution is -2.07. The smallest absolute Gasteiger partial charge is 0.272 e. The molecule has 0 saturated heterocycles. The summed E-state index contributed by atoms with van der Waals surface area (Å²) in [5.74, 6) is 5.06. The van der Waals surface area contributed by atoms with E-state index in [9.17, 15) is 10.1 Å². The van der Waals surface area contributed by atoms with Gasteiger partial charge < -0.3 is 5.43 Å². The maximum Gasteiger partial charge on any atom is 0.272 e. The Morgan fingerprint density at radius 3 is 2.69 bits per heavy atom. The van der Waals surface area contributed by atoms with E-state index in [4.69, 9.17) is 11.1 Å². The third-order valence-electron chi connectivity index (χ3n) is 1.42. The molecule has 0 fully saturated rings. The van der Waals surface area contributed by atoms with E-state index in [1.807, 2.05) is 0 Å². The maximum atomic E-state index is 10.4. The average molecular weight is 178 g/mol. The maximum absolute atomic E-state index is 10.4. The van der Waals surface area contributed by atoms with Gasteiger partial charge >= 0.3 is 0 Å². The van der Waals surface area contributed by atoms with E-state index in [2.05, 4.69) is 5.43 Å². The molecular formula is C7H6N4O2. The van der Waals surface area contributed by atoms with E-state index in [-0.39, 0.29) is 11.3 Å². The fourth-order valence-corrected chi connectivity index (χ4v) is 0.864. The molecule has 0 amide bonds. The minimum absolute atomic E-state index is 0.160. The molecule has 6 nitrogen and oxygen atoms in total. The van der Waals surface area contributed by atoms with Crippen molar-refractivity contribution >= 4 is 11.4 Å². The molecule has 1 aromatic rings. The number of hydrazine groups is 1. The van der Waals surface area contributed by atoms with Crippen molar-refractivity contribution in [3.05, 3.63) is 33.9 Å². The van der Waals surface area contributed by atoms with E-state index < -0.39 is 4.92 Å². The van der Waals surface area contributed by atoms with E-state index in [0.29, 0.717) is 5.69 Å². The molecule has 1 rings (SSSR count). The second-order valence-corrected chi connectivity index (χ2v) is 2.28. The Bertz CT molecular complexity index is 383. The molecule has 0 unspecified atom stereocenters. The molecule has 3 N–H and O–H groups in total. The Kier molecular flexibility index (Phi) is 2.42. The molecule has 13 heavy (non-hydrogen) atoms. The van der Waals surface area contributed by atoms with Gasteiger partial charge in [-0.15, -0.1) is 0 Å². The van der Waals surface area contributed by atoms with E-state index in [1.165, 1.54) is 18.2 Å². The number of hydrogen-bond acceptors (Lipinski definition) is 5. The van der Waals surface area contributed by atoms with E-state index >= 15 is 0 Å². The third kappa shape index (κ3) is 1.91. The lowest BCUT2D eigenvalue weighted by Gasteiger charge is -1.99. The van der Waals surface area contributed by atoms with Gasteiger partial charge in [-0.1, -0.05) is 0 Å². The van der Waals surface area contributed by atoms with Crippen LogP contribution in [0.1, 0.15) is 5.56 Å². The van der Waals surface area contributed by atoms with Crippen LogP contribution in [0.4, 0.5) is 11.4 Å². The summed E-state index contributed by atoms with van der Waals surface area (Å²) in [5, 5.41) is 18.9. The van der Waals surface area contributed by atoms with Gasteiger partial charge in [0.2, 0.25) is 0 Å². The normalized spacial score (nSPS) is 8.92. The summed E-state index contributed by atoms with van der Waals surface area (Å²) < 4.78 is 0. The second kappa shape index (κ2) is 3.51. The molecule has 0 heterocycles. The van der Waals surface area contributed by atoms with Gasteiger partial charge in [-0.2, -0.15) is 5.26 Å². The summed E-state index contributed by atoms with van der Waals surface area (Å²) in [7, 11) is 0. The van der Waals surface area contributed by atoms with Crippen LogP contribution in [0.3, 0.4) is 0 Å². The second-order valence-electron chi connectivity index (χ2n) is 2.28. The SMILES string of the molecule is N#Cc1cc(NN)cc([N+](=O)[O-])c1. The molecule has 0 aliphatic carbocycles. The van der Waals surface area contributed by atoms with E-state index in [0.717, 1.165) is 0 Å². The van der Waals surface area contributed by atoms with Gasteiger partial charge in [0, 0.05) is 12.1 Å². The molecule has 0 spiro atoms. The third-order valence-corrected chi connectivity index (χ3v) is 1.42. The van der Waals surface area contributed by atoms with Crippen LogP contribution in [0.15, 0.2) is 18.2 Å². The number of non-ortho nitro benzene ring substituents is 1. The lowest BCUT2D eigenvalue weighted by molar-refractivity contribution is -0.384. The first-order valence-electron chi connectivity index (χ1n) is 3.33. The zero-order valence-corrected chi connectivity index (χ0v) is 6.52.